The Kier molecular flexibility index (Phi) is 6.76. The Morgan fingerprint density at radius 3 is 2.52 bits per heavy atom. The molecule has 21 heavy (non-hydrogen) atoms. The van der Waals surface area contributed by atoms with Gasteiger partial charge >= 0.3 is 0 Å². The maximum atomic E-state index is 3.84. The van der Waals surface area contributed by atoms with Crippen LogP contribution in [0.25, 0.3) is 0 Å². The Bertz CT molecular complexity index is 404. The summed E-state index contributed by atoms with van der Waals surface area (Å²) >= 11 is 0. The molecule has 0 aliphatic heterocycles. The third kappa shape index (κ3) is 5.14. The molecule has 1 unspecified atom stereocenters. The normalized spacial score (nSPS) is 24.0. The Labute approximate surface area is 131 Å². The zero-order valence-corrected chi connectivity index (χ0v) is 14.2. The van der Waals surface area contributed by atoms with Crippen molar-refractivity contribution in [1.82, 2.24) is 5.32 Å². The van der Waals surface area contributed by atoms with Crippen LogP contribution in [0.5, 0.6) is 0 Å². The molecule has 0 amide bonds. The summed E-state index contributed by atoms with van der Waals surface area (Å²) in [5.41, 5.74) is 2.89. The first kappa shape index (κ1) is 16.5. The maximum absolute atomic E-state index is 3.84. The van der Waals surface area contributed by atoms with Crippen molar-refractivity contribution in [2.24, 2.45) is 11.8 Å². The fourth-order valence-corrected chi connectivity index (χ4v) is 3.83. The molecule has 1 aliphatic rings. The lowest BCUT2D eigenvalue weighted by Crippen LogP contribution is -2.40. The third-order valence-corrected chi connectivity index (χ3v) is 5.23. The topological polar surface area (TPSA) is 12.0 Å². The van der Waals surface area contributed by atoms with Crippen LogP contribution in [-0.4, -0.2) is 12.6 Å². The number of rotatable bonds is 7. The highest BCUT2D eigenvalue weighted by atomic mass is 14.9. The van der Waals surface area contributed by atoms with E-state index in [0.29, 0.717) is 6.04 Å². The number of benzene rings is 1. The van der Waals surface area contributed by atoms with E-state index < -0.39 is 0 Å². The van der Waals surface area contributed by atoms with Gasteiger partial charge in [0.2, 0.25) is 0 Å². The number of hydrogen-bond acceptors (Lipinski definition) is 1. The van der Waals surface area contributed by atoms with Gasteiger partial charge in [0.25, 0.3) is 0 Å². The summed E-state index contributed by atoms with van der Waals surface area (Å²) in [5.74, 6) is 1.87. The zero-order chi connectivity index (χ0) is 15.1. The van der Waals surface area contributed by atoms with Gasteiger partial charge in [0.1, 0.15) is 0 Å². The van der Waals surface area contributed by atoms with Crippen LogP contribution in [0.2, 0.25) is 0 Å². The van der Waals surface area contributed by atoms with Gasteiger partial charge in [-0.05, 0) is 56.6 Å². The van der Waals surface area contributed by atoms with E-state index in [9.17, 15) is 0 Å². The highest BCUT2D eigenvalue weighted by molar-refractivity contribution is 5.23. The lowest BCUT2D eigenvalue weighted by Gasteiger charge is -2.34. The average molecular weight is 287 g/mol. The second-order valence-corrected chi connectivity index (χ2v) is 6.94. The van der Waals surface area contributed by atoms with E-state index in [1.54, 1.807) is 0 Å². The van der Waals surface area contributed by atoms with Gasteiger partial charge in [0, 0.05) is 6.04 Å². The van der Waals surface area contributed by atoms with E-state index in [1.165, 1.54) is 56.1 Å². The van der Waals surface area contributed by atoms with Crippen LogP contribution < -0.4 is 5.32 Å². The SMILES string of the molecule is CCCNC(Cc1cccc(C)c1)C1CCC(CC)CC1. The molecule has 1 heteroatoms. The van der Waals surface area contributed by atoms with Crippen molar-refractivity contribution in [1.29, 1.82) is 0 Å². The molecule has 118 valence electrons. The van der Waals surface area contributed by atoms with E-state index in [0.717, 1.165) is 18.4 Å². The van der Waals surface area contributed by atoms with Crippen molar-refractivity contribution in [2.75, 3.05) is 6.54 Å². The van der Waals surface area contributed by atoms with Gasteiger partial charge in [-0.3, -0.25) is 0 Å². The number of nitrogens with one attached hydrogen (secondary N) is 1. The minimum atomic E-state index is 0.671. The van der Waals surface area contributed by atoms with Crippen molar-refractivity contribution in [3.8, 4) is 0 Å². The van der Waals surface area contributed by atoms with Gasteiger partial charge in [-0.15, -0.1) is 0 Å². The summed E-state index contributed by atoms with van der Waals surface area (Å²) in [6.45, 7) is 7.98. The van der Waals surface area contributed by atoms with Crippen molar-refractivity contribution in [3.05, 3.63) is 35.4 Å². The van der Waals surface area contributed by atoms with Crippen molar-refractivity contribution in [2.45, 2.75) is 71.8 Å². The summed E-state index contributed by atoms with van der Waals surface area (Å²) in [6, 6.07) is 9.73. The van der Waals surface area contributed by atoms with Crippen LogP contribution in [0, 0.1) is 18.8 Å². The lowest BCUT2D eigenvalue weighted by atomic mass is 9.76. The fraction of sp³-hybridized carbons (Fsp3) is 0.700. The maximum Gasteiger partial charge on any atom is 0.0136 e. The molecule has 0 bridgehead atoms. The predicted molar refractivity (Wildman–Crippen MR) is 92.7 cm³/mol. The van der Waals surface area contributed by atoms with E-state index in [1.807, 2.05) is 0 Å². The zero-order valence-electron chi connectivity index (χ0n) is 14.2. The molecule has 2 rings (SSSR count). The Morgan fingerprint density at radius 1 is 1.14 bits per heavy atom. The van der Waals surface area contributed by atoms with E-state index >= 15 is 0 Å². The molecule has 0 spiro atoms. The predicted octanol–water partition coefficient (Wildman–Crippen LogP) is 5.12. The molecule has 1 N–H and O–H groups in total. The van der Waals surface area contributed by atoms with E-state index in [4.69, 9.17) is 0 Å². The molecular weight excluding hydrogens is 254 g/mol. The van der Waals surface area contributed by atoms with Crippen LogP contribution in [0.4, 0.5) is 0 Å². The van der Waals surface area contributed by atoms with Crippen LogP contribution in [-0.2, 0) is 6.42 Å². The minimum absolute atomic E-state index is 0.671. The molecule has 1 atom stereocenters. The first-order valence-electron chi connectivity index (χ1n) is 9.01. The summed E-state index contributed by atoms with van der Waals surface area (Å²) in [5, 5.41) is 3.84. The Morgan fingerprint density at radius 2 is 1.90 bits per heavy atom. The number of aryl methyl sites for hydroxylation is 1. The van der Waals surface area contributed by atoms with Gasteiger partial charge in [-0.1, -0.05) is 62.9 Å². The molecule has 0 heterocycles. The van der Waals surface area contributed by atoms with Gasteiger partial charge in [0.05, 0.1) is 0 Å². The average Bonchev–Trinajstić information content (AvgIpc) is 2.51. The molecule has 1 aromatic rings. The molecule has 1 aromatic carbocycles. The van der Waals surface area contributed by atoms with Gasteiger partial charge < -0.3 is 5.32 Å². The smallest absolute Gasteiger partial charge is 0.0136 e. The molecule has 0 saturated heterocycles. The number of hydrogen-bond donors (Lipinski definition) is 1. The highest BCUT2D eigenvalue weighted by Gasteiger charge is 2.26. The van der Waals surface area contributed by atoms with Crippen LogP contribution in [0.3, 0.4) is 0 Å². The fourth-order valence-electron chi connectivity index (χ4n) is 3.83. The van der Waals surface area contributed by atoms with Gasteiger partial charge in [0.15, 0.2) is 0 Å². The molecule has 1 saturated carbocycles. The summed E-state index contributed by atoms with van der Waals surface area (Å²) in [7, 11) is 0. The molecule has 1 nitrogen and oxygen atoms in total. The monoisotopic (exact) mass is 287 g/mol. The third-order valence-electron chi connectivity index (χ3n) is 5.23. The molecule has 1 fully saturated rings. The van der Waals surface area contributed by atoms with Crippen molar-refractivity contribution >= 4 is 0 Å². The highest BCUT2D eigenvalue weighted by Crippen LogP contribution is 2.33. The standard InChI is InChI=1S/C20H33N/c1-4-13-21-20(15-18-8-6-7-16(3)14-18)19-11-9-17(5-2)10-12-19/h6-8,14,17,19-21H,4-5,9-13,15H2,1-3H3. The van der Waals surface area contributed by atoms with E-state index in [2.05, 4.69) is 50.4 Å². The lowest BCUT2D eigenvalue weighted by molar-refractivity contribution is 0.216. The summed E-state index contributed by atoms with van der Waals surface area (Å²) in [4.78, 5) is 0. The largest absolute Gasteiger partial charge is 0.313 e. The van der Waals surface area contributed by atoms with Crippen molar-refractivity contribution in [3.63, 3.8) is 0 Å². The summed E-state index contributed by atoms with van der Waals surface area (Å²) in [6.07, 6.45) is 9.53. The van der Waals surface area contributed by atoms with Crippen LogP contribution >= 0.6 is 0 Å². The van der Waals surface area contributed by atoms with Gasteiger partial charge in [-0.25, -0.2) is 0 Å². The van der Waals surface area contributed by atoms with Crippen LogP contribution in [0.15, 0.2) is 24.3 Å². The van der Waals surface area contributed by atoms with Crippen molar-refractivity contribution < 1.29 is 0 Å². The van der Waals surface area contributed by atoms with Gasteiger partial charge in [-0.2, -0.15) is 0 Å². The molecule has 0 aromatic heterocycles. The summed E-state index contributed by atoms with van der Waals surface area (Å²) < 4.78 is 0. The molecule has 0 radical (unpaired) electrons. The molecule has 1 aliphatic carbocycles. The second kappa shape index (κ2) is 8.58. The quantitative estimate of drug-likeness (QED) is 0.733. The molecular formula is C20H33N. The minimum Gasteiger partial charge on any atom is -0.313 e. The first-order valence-corrected chi connectivity index (χ1v) is 9.01. The Hall–Kier alpha value is -0.820. The Balaban J connectivity index is 1.97. The van der Waals surface area contributed by atoms with Crippen LogP contribution in [0.1, 0.15) is 63.5 Å². The van der Waals surface area contributed by atoms with E-state index in [-0.39, 0.29) is 0 Å². The first-order chi connectivity index (χ1) is 10.2. The second-order valence-electron chi connectivity index (χ2n) is 6.94.